The van der Waals surface area contributed by atoms with E-state index in [1.807, 2.05) is 0 Å². The van der Waals surface area contributed by atoms with Gasteiger partial charge in [-0.15, -0.1) is 0 Å². The molecule has 0 aliphatic rings. The third-order valence-electron chi connectivity index (χ3n) is 11.8. The van der Waals surface area contributed by atoms with E-state index in [1.165, 1.54) is 218 Å². The maximum atomic E-state index is 12.2. The molecule has 0 aromatic carbocycles. The lowest BCUT2D eigenvalue weighted by molar-refractivity contribution is -0.121. The summed E-state index contributed by atoms with van der Waals surface area (Å²) in [4.78, 5) is 24.4. The van der Waals surface area contributed by atoms with Gasteiger partial charge in [0.2, 0.25) is 5.91 Å². The molecule has 1 atom stereocenters. The van der Waals surface area contributed by atoms with Crippen LogP contribution in [0.5, 0.6) is 0 Å². The quantitative estimate of drug-likeness (QED) is 0.0478. The largest absolute Gasteiger partial charge is 0.391 e. The molecule has 0 aliphatic heterocycles. The van der Waals surface area contributed by atoms with Crippen LogP contribution in [0.1, 0.15) is 290 Å². The lowest BCUT2D eigenvalue weighted by atomic mass is 10.0. The van der Waals surface area contributed by atoms with Crippen molar-refractivity contribution in [1.29, 1.82) is 0 Å². The van der Waals surface area contributed by atoms with Crippen LogP contribution in [0.2, 0.25) is 0 Å². The molecule has 0 saturated heterocycles. The normalized spacial score (nSPS) is 12.2. The van der Waals surface area contributed by atoms with E-state index in [4.69, 9.17) is 0 Å². The van der Waals surface area contributed by atoms with E-state index in [1.54, 1.807) is 0 Å². The number of rotatable bonds is 47. The fraction of sp³-hybridized carbons (Fsp3) is 0.922. The van der Waals surface area contributed by atoms with Gasteiger partial charge in [0.05, 0.1) is 6.10 Å². The topological polar surface area (TPSA) is 66.4 Å². The molecule has 0 rings (SSSR count). The number of nitrogens with one attached hydrogen (secondary N) is 1. The smallest absolute Gasteiger partial charge is 0.220 e. The van der Waals surface area contributed by atoms with Gasteiger partial charge in [0.15, 0.2) is 0 Å². The Kier molecular flexibility index (Phi) is 46.2. The number of aliphatic hydroxyl groups is 1. The van der Waals surface area contributed by atoms with Crippen molar-refractivity contribution in [1.82, 2.24) is 5.32 Å². The van der Waals surface area contributed by atoms with Gasteiger partial charge < -0.3 is 10.4 Å². The number of ketones is 1. The lowest BCUT2D eigenvalue weighted by Crippen LogP contribution is -2.31. The Morgan fingerprint density at radius 1 is 0.400 bits per heavy atom. The van der Waals surface area contributed by atoms with Crippen LogP contribution >= 0.6 is 0 Å². The van der Waals surface area contributed by atoms with Gasteiger partial charge in [0.25, 0.3) is 0 Å². The van der Waals surface area contributed by atoms with Crippen LogP contribution in [-0.2, 0) is 9.59 Å². The predicted octanol–water partition coefficient (Wildman–Crippen LogP) is 16.4. The van der Waals surface area contributed by atoms with Crippen molar-refractivity contribution in [3.05, 3.63) is 12.2 Å². The van der Waals surface area contributed by atoms with Crippen molar-refractivity contribution >= 4 is 11.7 Å². The Balaban J connectivity index is 3.31. The second-order valence-electron chi connectivity index (χ2n) is 17.5. The zero-order valence-corrected chi connectivity index (χ0v) is 37.6. The molecule has 326 valence electrons. The summed E-state index contributed by atoms with van der Waals surface area (Å²) in [5, 5.41) is 13.2. The SMILES string of the molecule is CCCCCCCCC=CCCCCCCCC(=O)CCCCCCCCCCCCCCC(=O)NC[C@@H](O)CCCCCCCCCCCCCCCC. The molecule has 0 radical (unpaired) electrons. The maximum absolute atomic E-state index is 12.2. The molecule has 55 heavy (non-hydrogen) atoms. The summed E-state index contributed by atoms with van der Waals surface area (Å²) in [7, 11) is 0. The molecule has 2 N–H and O–H groups in total. The minimum absolute atomic E-state index is 0.0998. The fourth-order valence-corrected chi connectivity index (χ4v) is 7.89. The van der Waals surface area contributed by atoms with Crippen LogP contribution in [0.25, 0.3) is 0 Å². The van der Waals surface area contributed by atoms with Crippen LogP contribution in [0.3, 0.4) is 0 Å². The van der Waals surface area contributed by atoms with Crippen molar-refractivity contribution in [2.45, 2.75) is 296 Å². The predicted molar refractivity (Wildman–Crippen MR) is 243 cm³/mol. The van der Waals surface area contributed by atoms with E-state index < -0.39 is 6.10 Å². The van der Waals surface area contributed by atoms with Crippen molar-refractivity contribution in [2.24, 2.45) is 0 Å². The standard InChI is InChI=1S/C51H99NO3/c1-3-5-7-9-11-13-15-17-19-21-24-28-32-36-40-44-49(53)45-41-37-33-29-25-22-23-27-31-35-39-43-47-51(55)52-48-50(54)46-42-38-34-30-26-20-18-16-14-12-10-8-6-4-2/h17,19,50,54H,3-16,18,20-48H2,1-2H3,(H,52,55)/t50-/m0/s1. The Morgan fingerprint density at radius 3 is 1.05 bits per heavy atom. The number of amides is 1. The van der Waals surface area contributed by atoms with Crippen LogP contribution in [0, 0.1) is 0 Å². The second kappa shape index (κ2) is 47.2. The molecule has 0 aromatic heterocycles. The van der Waals surface area contributed by atoms with Gasteiger partial charge in [-0.1, -0.05) is 231 Å². The van der Waals surface area contributed by atoms with Gasteiger partial charge in [0.1, 0.15) is 5.78 Å². The minimum Gasteiger partial charge on any atom is -0.391 e. The highest BCUT2D eigenvalue weighted by molar-refractivity contribution is 5.78. The van der Waals surface area contributed by atoms with Gasteiger partial charge in [-0.2, -0.15) is 0 Å². The van der Waals surface area contributed by atoms with Crippen molar-refractivity contribution in [3.8, 4) is 0 Å². The number of carbonyl (C=O) groups is 2. The molecule has 0 spiro atoms. The van der Waals surface area contributed by atoms with E-state index in [2.05, 4.69) is 31.3 Å². The number of carbonyl (C=O) groups excluding carboxylic acids is 2. The van der Waals surface area contributed by atoms with Crippen LogP contribution in [0.4, 0.5) is 0 Å². The molecule has 0 fully saturated rings. The zero-order valence-electron chi connectivity index (χ0n) is 37.6. The zero-order chi connectivity index (χ0) is 40.0. The van der Waals surface area contributed by atoms with Gasteiger partial charge in [-0.05, 0) is 51.4 Å². The van der Waals surface area contributed by atoms with Gasteiger partial charge in [-0.25, -0.2) is 0 Å². The third kappa shape index (κ3) is 47.1. The third-order valence-corrected chi connectivity index (χ3v) is 11.8. The molecule has 0 unspecified atom stereocenters. The van der Waals surface area contributed by atoms with Gasteiger partial charge in [-0.3, -0.25) is 9.59 Å². The first-order valence-corrected chi connectivity index (χ1v) is 25.2. The number of Topliss-reactive ketones (excluding diaryl/α,β-unsaturated/α-hetero) is 1. The molecule has 0 saturated carbocycles. The summed E-state index contributed by atoms with van der Waals surface area (Å²) >= 11 is 0. The first kappa shape index (κ1) is 53.8. The van der Waals surface area contributed by atoms with Crippen LogP contribution in [-0.4, -0.2) is 29.4 Å². The first-order valence-electron chi connectivity index (χ1n) is 25.2. The van der Waals surface area contributed by atoms with E-state index in [9.17, 15) is 14.7 Å². The van der Waals surface area contributed by atoms with Gasteiger partial charge in [0, 0.05) is 25.8 Å². The molecule has 0 aliphatic carbocycles. The number of allylic oxidation sites excluding steroid dienone is 2. The number of hydrogen-bond acceptors (Lipinski definition) is 3. The average Bonchev–Trinajstić information content (AvgIpc) is 3.18. The number of aliphatic hydroxyl groups excluding tert-OH is 1. The van der Waals surface area contributed by atoms with Crippen LogP contribution < -0.4 is 5.32 Å². The molecule has 0 heterocycles. The van der Waals surface area contributed by atoms with Crippen molar-refractivity contribution in [3.63, 3.8) is 0 Å². The molecule has 4 nitrogen and oxygen atoms in total. The number of unbranched alkanes of at least 4 members (excludes halogenated alkanes) is 35. The van der Waals surface area contributed by atoms with Gasteiger partial charge >= 0.3 is 0 Å². The average molecular weight is 774 g/mol. The maximum Gasteiger partial charge on any atom is 0.220 e. The summed E-state index contributed by atoms with van der Waals surface area (Å²) in [5.41, 5.74) is 0. The summed E-state index contributed by atoms with van der Waals surface area (Å²) < 4.78 is 0. The molecule has 1 amide bonds. The van der Waals surface area contributed by atoms with Crippen molar-refractivity contribution in [2.75, 3.05) is 6.54 Å². The Labute approximate surface area is 345 Å². The lowest BCUT2D eigenvalue weighted by Gasteiger charge is -2.12. The second-order valence-corrected chi connectivity index (χ2v) is 17.5. The highest BCUT2D eigenvalue weighted by Crippen LogP contribution is 2.16. The Bertz CT molecular complexity index is 795. The highest BCUT2D eigenvalue weighted by atomic mass is 16.3. The first-order chi connectivity index (χ1) is 27.1. The van der Waals surface area contributed by atoms with E-state index in [0.717, 1.165) is 51.4 Å². The Morgan fingerprint density at radius 2 is 0.691 bits per heavy atom. The fourth-order valence-electron chi connectivity index (χ4n) is 7.89. The summed E-state index contributed by atoms with van der Waals surface area (Å²) in [5.74, 6) is 0.588. The van der Waals surface area contributed by atoms with E-state index in [0.29, 0.717) is 18.7 Å². The molecular weight excluding hydrogens is 675 g/mol. The van der Waals surface area contributed by atoms with Crippen LogP contribution in [0.15, 0.2) is 12.2 Å². The number of hydrogen-bond donors (Lipinski definition) is 2. The van der Waals surface area contributed by atoms with Crippen molar-refractivity contribution < 1.29 is 14.7 Å². The summed E-state index contributed by atoms with van der Waals surface area (Å²) in [6.45, 7) is 4.97. The highest BCUT2D eigenvalue weighted by Gasteiger charge is 2.07. The summed E-state index contributed by atoms with van der Waals surface area (Å²) in [6.07, 6.45) is 58.0. The van der Waals surface area contributed by atoms with E-state index >= 15 is 0 Å². The molecule has 0 bridgehead atoms. The van der Waals surface area contributed by atoms with E-state index in [-0.39, 0.29) is 5.91 Å². The Hall–Kier alpha value is -1.16. The molecule has 0 aromatic rings. The summed E-state index contributed by atoms with van der Waals surface area (Å²) in [6, 6.07) is 0. The minimum atomic E-state index is -0.400. The molecular formula is C51H99NO3. The monoisotopic (exact) mass is 774 g/mol. The molecule has 4 heteroatoms.